The van der Waals surface area contributed by atoms with Crippen LogP contribution in [0.5, 0.6) is 0 Å². The molecule has 0 spiro atoms. The van der Waals surface area contributed by atoms with Gasteiger partial charge >= 0.3 is 0 Å². The van der Waals surface area contributed by atoms with E-state index in [0.29, 0.717) is 5.92 Å². The molecule has 0 aromatic heterocycles. The lowest BCUT2D eigenvalue weighted by atomic mass is 10.0. The first-order valence-corrected chi connectivity index (χ1v) is 14.0. The van der Waals surface area contributed by atoms with E-state index in [0.717, 1.165) is 17.3 Å². The minimum Gasteiger partial charge on any atom is -0.408 e. The Labute approximate surface area is 170 Å². The molecule has 1 rings (SSSR count). The Morgan fingerprint density at radius 2 is 1.80 bits per heavy atom. The third-order valence-corrected chi connectivity index (χ3v) is 10.2. The summed E-state index contributed by atoms with van der Waals surface area (Å²) in [7, 11) is -1.90. The van der Waals surface area contributed by atoms with Crippen LogP contribution in [0.2, 0.25) is 18.1 Å². The topological polar surface area (TPSA) is 27.7 Å². The van der Waals surface area contributed by atoms with Crippen LogP contribution in [0.15, 0.2) is 12.2 Å². The fourth-order valence-corrected chi connectivity index (χ4v) is 4.55. The summed E-state index contributed by atoms with van der Waals surface area (Å²) in [5.41, 5.74) is 0. The Morgan fingerprint density at radius 3 is 2.28 bits per heavy atom. The second-order valence-corrected chi connectivity index (χ2v) is 15.4. The van der Waals surface area contributed by atoms with Crippen LogP contribution in [0, 0.1) is 5.92 Å². The number of rotatable bonds is 8. The van der Waals surface area contributed by atoms with Crippen LogP contribution in [0.1, 0.15) is 61.3 Å². The maximum atomic E-state index is 6.78. The predicted molar refractivity (Wildman–Crippen MR) is 118 cm³/mol. The number of hydrogen-bond donors (Lipinski definition) is 0. The van der Waals surface area contributed by atoms with E-state index >= 15 is 0 Å². The van der Waals surface area contributed by atoms with E-state index in [9.17, 15) is 0 Å². The molecule has 1 heterocycles. The van der Waals surface area contributed by atoms with Gasteiger partial charge in [-0.05, 0) is 50.7 Å². The zero-order chi connectivity index (χ0) is 19.5. The van der Waals surface area contributed by atoms with Gasteiger partial charge in [-0.2, -0.15) is 0 Å². The average molecular weight is 483 g/mol. The molecule has 1 fully saturated rings. The van der Waals surface area contributed by atoms with Crippen LogP contribution in [0.25, 0.3) is 0 Å². The van der Waals surface area contributed by atoms with Crippen molar-refractivity contribution in [2.75, 3.05) is 4.43 Å². The van der Waals surface area contributed by atoms with Crippen LogP contribution in [0.4, 0.5) is 0 Å². The lowest BCUT2D eigenvalue weighted by Gasteiger charge is -2.40. The molecule has 0 radical (unpaired) electrons. The standard InChI is InChI=1S/C20H39IO3Si/c1-15(2)11-10-12-17(24-25(8,9)19(3,4)5)18-16(13-14-21)22-20(6,7)23-18/h10,12,15-18H,11,13-14H2,1-9H3/b12-10-/t16-,17?,18-/m0/s1. The highest BCUT2D eigenvalue weighted by Crippen LogP contribution is 2.40. The molecule has 3 nitrogen and oxygen atoms in total. The first-order valence-electron chi connectivity index (χ1n) is 9.55. The number of alkyl halides is 1. The van der Waals surface area contributed by atoms with Gasteiger partial charge in [0.05, 0.1) is 12.2 Å². The highest BCUT2D eigenvalue weighted by atomic mass is 127. The fourth-order valence-electron chi connectivity index (χ4n) is 2.69. The van der Waals surface area contributed by atoms with E-state index in [1.165, 1.54) is 0 Å². The largest absolute Gasteiger partial charge is 0.408 e. The third-order valence-electron chi connectivity index (χ3n) is 5.11. The molecule has 0 amide bonds. The van der Waals surface area contributed by atoms with Gasteiger partial charge in [-0.25, -0.2) is 0 Å². The predicted octanol–water partition coefficient (Wildman–Crippen LogP) is 6.32. The summed E-state index contributed by atoms with van der Waals surface area (Å²) < 4.78 is 20.3. The van der Waals surface area contributed by atoms with Crippen LogP contribution < -0.4 is 0 Å². The highest BCUT2D eigenvalue weighted by molar-refractivity contribution is 14.1. The van der Waals surface area contributed by atoms with Gasteiger partial charge in [0.15, 0.2) is 14.1 Å². The number of ether oxygens (including phenoxy) is 2. The van der Waals surface area contributed by atoms with E-state index < -0.39 is 14.1 Å². The fraction of sp³-hybridized carbons (Fsp3) is 0.900. The van der Waals surface area contributed by atoms with Crippen molar-refractivity contribution in [3.8, 4) is 0 Å². The van der Waals surface area contributed by atoms with E-state index in [-0.39, 0.29) is 23.4 Å². The first kappa shape index (κ1) is 23.6. The van der Waals surface area contributed by atoms with Gasteiger partial charge in [-0.1, -0.05) is 69.4 Å². The van der Waals surface area contributed by atoms with Crippen LogP contribution in [-0.4, -0.2) is 36.8 Å². The molecule has 1 unspecified atom stereocenters. The van der Waals surface area contributed by atoms with Crippen LogP contribution in [0.3, 0.4) is 0 Å². The molecule has 25 heavy (non-hydrogen) atoms. The number of hydrogen-bond acceptors (Lipinski definition) is 3. The normalized spacial score (nSPS) is 25.9. The molecule has 148 valence electrons. The molecule has 1 saturated heterocycles. The second kappa shape index (κ2) is 9.17. The molecule has 1 aliphatic heterocycles. The summed E-state index contributed by atoms with van der Waals surface area (Å²) in [6, 6.07) is 0. The van der Waals surface area contributed by atoms with E-state index in [1.807, 2.05) is 13.8 Å². The van der Waals surface area contributed by atoms with Crippen molar-refractivity contribution >= 4 is 30.9 Å². The summed E-state index contributed by atoms with van der Waals surface area (Å²) in [5, 5.41) is 0.172. The molecule has 1 aliphatic rings. The summed E-state index contributed by atoms with van der Waals surface area (Å²) in [5.74, 6) is 0.106. The Balaban J connectivity index is 3.06. The molecular weight excluding hydrogens is 443 g/mol. The molecule has 3 atom stereocenters. The summed E-state index contributed by atoms with van der Waals surface area (Å²) >= 11 is 2.42. The van der Waals surface area contributed by atoms with E-state index in [2.05, 4.69) is 82.5 Å². The van der Waals surface area contributed by atoms with Crippen LogP contribution in [-0.2, 0) is 13.9 Å². The quantitative estimate of drug-likeness (QED) is 0.175. The van der Waals surface area contributed by atoms with Gasteiger partial charge in [-0.3, -0.25) is 0 Å². The van der Waals surface area contributed by atoms with Gasteiger partial charge < -0.3 is 13.9 Å². The Kier molecular flexibility index (Phi) is 8.66. The lowest BCUT2D eigenvalue weighted by molar-refractivity contribution is -0.151. The summed E-state index contributed by atoms with van der Waals surface area (Å²) in [6.07, 6.45) is 6.55. The molecule has 0 aliphatic carbocycles. The molecular formula is C20H39IO3Si. The Hall–Kier alpha value is 0.567. The van der Waals surface area contributed by atoms with Gasteiger partial charge in [0, 0.05) is 4.43 Å². The maximum Gasteiger partial charge on any atom is 0.193 e. The smallest absolute Gasteiger partial charge is 0.193 e. The Morgan fingerprint density at radius 1 is 1.20 bits per heavy atom. The molecule has 0 N–H and O–H groups in total. The second-order valence-electron chi connectivity index (χ2n) is 9.52. The van der Waals surface area contributed by atoms with Gasteiger partial charge in [-0.15, -0.1) is 0 Å². The SMILES string of the molecule is CC(C)C/C=C\C(O[Si](C)(C)C(C)(C)C)[C@H]1OC(C)(C)O[C@H]1CCI. The van der Waals surface area contributed by atoms with Gasteiger partial charge in [0.25, 0.3) is 0 Å². The number of allylic oxidation sites excluding steroid dienone is 1. The number of halogens is 1. The van der Waals surface area contributed by atoms with Gasteiger partial charge in [0.2, 0.25) is 0 Å². The van der Waals surface area contributed by atoms with Crippen molar-refractivity contribution in [1.82, 2.24) is 0 Å². The zero-order valence-corrected chi connectivity index (χ0v) is 20.8. The maximum absolute atomic E-state index is 6.78. The lowest BCUT2D eigenvalue weighted by Crippen LogP contribution is -2.48. The summed E-state index contributed by atoms with van der Waals surface area (Å²) in [4.78, 5) is 0. The molecule has 0 saturated carbocycles. The zero-order valence-electron chi connectivity index (χ0n) is 17.7. The van der Waals surface area contributed by atoms with E-state index in [1.54, 1.807) is 0 Å². The average Bonchev–Trinajstić information content (AvgIpc) is 2.71. The van der Waals surface area contributed by atoms with Gasteiger partial charge in [0.1, 0.15) is 6.10 Å². The Bertz CT molecular complexity index is 441. The monoisotopic (exact) mass is 482 g/mol. The van der Waals surface area contributed by atoms with Crippen molar-refractivity contribution in [3.63, 3.8) is 0 Å². The minimum absolute atomic E-state index is 0.0395. The van der Waals surface area contributed by atoms with Crippen molar-refractivity contribution in [3.05, 3.63) is 12.2 Å². The molecule has 0 bridgehead atoms. The third kappa shape index (κ3) is 7.24. The van der Waals surface area contributed by atoms with Crippen molar-refractivity contribution in [2.24, 2.45) is 5.92 Å². The molecule has 0 aromatic rings. The minimum atomic E-state index is -1.90. The molecule has 5 heteroatoms. The van der Waals surface area contributed by atoms with Crippen molar-refractivity contribution in [1.29, 1.82) is 0 Å². The van der Waals surface area contributed by atoms with Crippen LogP contribution >= 0.6 is 22.6 Å². The highest BCUT2D eigenvalue weighted by Gasteiger charge is 2.47. The summed E-state index contributed by atoms with van der Waals surface area (Å²) in [6.45, 7) is 20.0. The first-order chi connectivity index (χ1) is 11.3. The van der Waals surface area contributed by atoms with E-state index in [4.69, 9.17) is 13.9 Å². The van der Waals surface area contributed by atoms with Crippen molar-refractivity contribution < 1.29 is 13.9 Å². The van der Waals surface area contributed by atoms with Crippen molar-refractivity contribution in [2.45, 2.75) is 104 Å². The molecule has 0 aromatic carbocycles.